The third-order valence-corrected chi connectivity index (χ3v) is 6.08. The van der Waals surface area contributed by atoms with Crippen LogP contribution in [0.5, 0.6) is 0 Å². The fourth-order valence-electron chi connectivity index (χ4n) is 4.34. The molecular weight excluding hydrogens is 420 g/mol. The molecule has 5 nitrogen and oxygen atoms in total. The largest absolute Gasteiger partial charge is 0.382 e. The first-order valence-corrected chi connectivity index (χ1v) is 12.4. The van der Waals surface area contributed by atoms with Crippen LogP contribution < -0.4 is 5.73 Å². The van der Waals surface area contributed by atoms with Gasteiger partial charge in [0.25, 0.3) is 0 Å². The number of pyridine rings is 1. The van der Waals surface area contributed by atoms with Crippen LogP contribution in [0.4, 0.5) is 5.82 Å². The summed E-state index contributed by atoms with van der Waals surface area (Å²) in [6, 6.07) is 18.1. The lowest BCUT2D eigenvalue weighted by Gasteiger charge is -2.11. The molecule has 2 N–H and O–H groups in total. The molecule has 0 spiro atoms. The van der Waals surface area contributed by atoms with Crippen LogP contribution in [-0.4, -0.2) is 27.7 Å². The second kappa shape index (κ2) is 12.2. The number of hydrogen-bond donors (Lipinski definition) is 1. The normalized spacial score (nSPS) is 11.1. The van der Waals surface area contributed by atoms with Crippen LogP contribution in [0, 0.1) is 11.8 Å². The Morgan fingerprint density at radius 1 is 0.912 bits per heavy atom. The van der Waals surface area contributed by atoms with Crippen LogP contribution in [0.3, 0.4) is 0 Å². The summed E-state index contributed by atoms with van der Waals surface area (Å²) in [5, 5.41) is 1.08. The number of aromatic nitrogens is 3. The van der Waals surface area contributed by atoms with Crippen LogP contribution in [0.2, 0.25) is 0 Å². The number of unbranched alkanes of at least 4 members (excludes halogenated alkanes) is 5. The molecule has 0 saturated heterocycles. The molecule has 0 aliphatic carbocycles. The molecule has 0 atom stereocenters. The van der Waals surface area contributed by atoms with Gasteiger partial charge in [0.1, 0.15) is 17.9 Å². The summed E-state index contributed by atoms with van der Waals surface area (Å²) in [4.78, 5) is 9.53. The Morgan fingerprint density at radius 3 is 2.53 bits per heavy atom. The monoisotopic (exact) mass is 454 g/mol. The average Bonchev–Trinajstić information content (AvgIpc) is 3.23. The van der Waals surface area contributed by atoms with Gasteiger partial charge in [-0.3, -0.25) is 0 Å². The van der Waals surface area contributed by atoms with E-state index in [1.54, 1.807) is 0 Å². The van der Waals surface area contributed by atoms with E-state index in [4.69, 9.17) is 15.5 Å². The number of para-hydroxylation sites is 1. The van der Waals surface area contributed by atoms with Crippen LogP contribution in [-0.2, 0) is 17.7 Å². The SMILES string of the molecule is CCCCCCCCc1nc2c(N)nc3ccccc3c2n1CCOCC#Cc1ccccc1. The molecule has 5 heteroatoms. The Balaban J connectivity index is 1.49. The zero-order valence-electron chi connectivity index (χ0n) is 20.1. The first kappa shape index (κ1) is 23.8. The van der Waals surface area contributed by atoms with Gasteiger partial charge in [-0.2, -0.15) is 0 Å². The van der Waals surface area contributed by atoms with Crippen molar-refractivity contribution < 1.29 is 4.74 Å². The molecule has 0 unspecified atom stereocenters. The number of rotatable bonds is 11. The fraction of sp³-hybridized carbons (Fsp3) is 0.379. The van der Waals surface area contributed by atoms with Crippen molar-refractivity contribution in [1.82, 2.24) is 14.5 Å². The maximum absolute atomic E-state index is 6.33. The summed E-state index contributed by atoms with van der Waals surface area (Å²) in [5.41, 5.74) is 10.1. The minimum Gasteiger partial charge on any atom is -0.382 e. The number of fused-ring (bicyclic) bond motifs is 3. The average molecular weight is 455 g/mol. The summed E-state index contributed by atoms with van der Waals surface area (Å²) >= 11 is 0. The van der Waals surface area contributed by atoms with E-state index >= 15 is 0 Å². The number of benzene rings is 2. The van der Waals surface area contributed by atoms with Crippen molar-refractivity contribution in [2.75, 3.05) is 18.9 Å². The first-order valence-electron chi connectivity index (χ1n) is 12.4. The molecule has 0 radical (unpaired) electrons. The molecule has 34 heavy (non-hydrogen) atoms. The van der Waals surface area contributed by atoms with Crippen molar-refractivity contribution >= 4 is 27.8 Å². The van der Waals surface area contributed by atoms with Crippen molar-refractivity contribution in [2.45, 2.75) is 58.4 Å². The zero-order chi connectivity index (χ0) is 23.6. The van der Waals surface area contributed by atoms with Gasteiger partial charge in [-0.1, -0.05) is 87.3 Å². The zero-order valence-corrected chi connectivity index (χ0v) is 20.1. The van der Waals surface area contributed by atoms with Gasteiger partial charge in [-0.05, 0) is 24.6 Å². The van der Waals surface area contributed by atoms with E-state index in [-0.39, 0.29) is 0 Å². The van der Waals surface area contributed by atoms with Crippen LogP contribution >= 0.6 is 0 Å². The number of nitrogens with two attached hydrogens (primary N) is 1. The summed E-state index contributed by atoms with van der Waals surface area (Å²) in [5.74, 6) is 7.80. The minimum absolute atomic E-state index is 0.402. The maximum atomic E-state index is 6.33. The Kier molecular flexibility index (Phi) is 8.54. The molecule has 2 aromatic carbocycles. The molecular formula is C29H34N4O. The highest BCUT2D eigenvalue weighted by Gasteiger charge is 2.17. The summed E-state index contributed by atoms with van der Waals surface area (Å²) in [6.45, 7) is 3.93. The molecule has 2 heterocycles. The minimum atomic E-state index is 0.402. The summed E-state index contributed by atoms with van der Waals surface area (Å²) < 4.78 is 8.16. The third kappa shape index (κ3) is 5.95. The molecule has 0 aliphatic rings. The lowest BCUT2D eigenvalue weighted by atomic mass is 10.1. The molecule has 2 aromatic heterocycles. The van der Waals surface area contributed by atoms with E-state index in [1.807, 2.05) is 48.5 Å². The lowest BCUT2D eigenvalue weighted by Crippen LogP contribution is -2.10. The molecule has 4 rings (SSSR count). The number of nitrogen functional groups attached to an aromatic ring is 1. The molecule has 176 valence electrons. The van der Waals surface area contributed by atoms with E-state index in [9.17, 15) is 0 Å². The molecule has 0 amide bonds. The molecule has 0 fully saturated rings. The summed E-state index contributed by atoms with van der Waals surface area (Å²) in [6.07, 6.45) is 8.46. The van der Waals surface area contributed by atoms with Gasteiger partial charge in [0.15, 0.2) is 5.82 Å². The van der Waals surface area contributed by atoms with E-state index in [1.165, 1.54) is 32.1 Å². The first-order chi connectivity index (χ1) is 16.8. The summed E-state index contributed by atoms with van der Waals surface area (Å²) in [7, 11) is 0. The van der Waals surface area contributed by atoms with Gasteiger partial charge in [-0.25, -0.2) is 9.97 Å². The predicted octanol–water partition coefficient (Wildman–Crippen LogP) is 6.14. The second-order valence-corrected chi connectivity index (χ2v) is 8.63. The molecule has 4 aromatic rings. The topological polar surface area (TPSA) is 66.0 Å². The second-order valence-electron chi connectivity index (χ2n) is 8.63. The van der Waals surface area contributed by atoms with E-state index in [0.717, 1.165) is 46.2 Å². The van der Waals surface area contributed by atoms with Gasteiger partial charge in [0.05, 0.1) is 17.6 Å². The van der Waals surface area contributed by atoms with Crippen LogP contribution in [0.1, 0.15) is 56.8 Å². The van der Waals surface area contributed by atoms with Crippen molar-refractivity contribution in [2.24, 2.45) is 0 Å². The van der Waals surface area contributed by atoms with E-state index in [0.29, 0.717) is 25.6 Å². The Bertz CT molecular complexity index is 1270. The fourth-order valence-corrected chi connectivity index (χ4v) is 4.34. The Labute approximate surface area is 202 Å². The van der Waals surface area contributed by atoms with Gasteiger partial charge in [0.2, 0.25) is 0 Å². The van der Waals surface area contributed by atoms with E-state index in [2.05, 4.69) is 34.4 Å². The molecule has 0 saturated carbocycles. The van der Waals surface area contributed by atoms with Gasteiger partial charge >= 0.3 is 0 Å². The highest BCUT2D eigenvalue weighted by molar-refractivity contribution is 6.06. The number of anilines is 1. The molecule has 0 aliphatic heterocycles. The maximum Gasteiger partial charge on any atom is 0.152 e. The highest BCUT2D eigenvalue weighted by Crippen LogP contribution is 2.29. The van der Waals surface area contributed by atoms with Gasteiger partial charge in [-0.15, -0.1) is 0 Å². The number of nitrogens with zero attached hydrogens (tertiary/aromatic N) is 3. The predicted molar refractivity (Wildman–Crippen MR) is 141 cm³/mol. The van der Waals surface area contributed by atoms with Crippen molar-refractivity contribution in [3.05, 3.63) is 66.0 Å². The number of aryl methyl sites for hydroxylation is 1. The van der Waals surface area contributed by atoms with Gasteiger partial charge in [0, 0.05) is 23.9 Å². The van der Waals surface area contributed by atoms with Crippen LogP contribution in [0.15, 0.2) is 54.6 Å². The Morgan fingerprint density at radius 2 is 1.68 bits per heavy atom. The van der Waals surface area contributed by atoms with Crippen molar-refractivity contribution in [3.8, 4) is 11.8 Å². The number of ether oxygens (including phenoxy) is 1. The number of hydrogen-bond acceptors (Lipinski definition) is 4. The quantitative estimate of drug-likeness (QED) is 0.218. The Hall–Kier alpha value is -3.36. The van der Waals surface area contributed by atoms with E-state index < -0.39 is 0 Å². The van der Waals surface area contributed by atoms with Crippen LogP contribution in [0.25, 0.3) is 21.9 Å². The van der Waals surface area contributed by atoms with Crippen molar-refractivity contribution in [3.63, 3.8) is 0 Å². The molecule has 0 bridgehead atoms. The standard InChI is InChI=1S/C29H34N4O/c1-2-3-4-5-6-10-19-26-32-27-28(24-17-11-12-18-25(24)31-29(27)30)33(26)20-22-34-21-13-16-23-14-8-7-9-15-23/h7-9,11-12,14-15,17-18H,2-6,10,19-22H2,1H3,(H2,30,31). The number of imidazole rings is 1. The third-order valence-electron chi connectivity index (χ3n) is 6.08. The smallest absolute Gasteiger partial charge is 0.152 e. The lowest BCUT2D eigenvalue weighted by molar-refractivity contribution is 0.157. The van der Waals surface area contributed by atoms with Crippen molar-refractivity contribution in [1.29, 1.82) is 0 Å². The van der Waals surface area contributed by atoms with Gasteiger partial charge < -0.3 is 15.0 Å². The highest BCUT2D eigenvalue weighted by atomic mass is 16.5.